The van der Waals surface area contributed by atoms with Gasteiger partial charge in [0.15, 0.2) is 0 Å². The molecule has 0 heterocycles. The van der Waals surface area contributed by atoms with Gasteiger partial charge in [0, 0.05) is 17.8 Å². The van der Waals surface area contributed by atoms with E-state index in [2.05, 4.69) is 10.0 Å². The van der Waals surface area contributed by atoms with Gasteiger partial charge in [0.2, 0.25) is 5.91 Å². The van der Waals surface area contributed by atoms with Crippen molar-refractivity contribution in [2.24, 2.45) is 0 Å². The van der Waals surface area contributed by atoms with Gasteiger partial charge < -0.3 is 10.1 Å². The number of hydrogen-bond donors (Lipinski definition) is 2. The van der Waals surface area contributed by atoms with Crippen molar-refractivity contribution >= 4 is 27.3 Å². The molecule has 0 aromatic heterocycles. The molecule has 3 aromatic rings. The Morgan fingerprint density at radius 3 is 2.31 bits per heavy atom. The molecular formula is C22H22N2O4S. The Bertz CT molecular complexity index is 1070. The van der Waals surface area contributed by atoms with Crippen LogP contribution in [-0.4, -0.2) is 21.4 Å². The molecule has 0 aliphatic carbocycles. The van der Waals surface area contributed by atoms with E-state index < -0.39 is 10.0 Å². The average Bonchev–Trinajstić information content (AvgIpc) is 2.73. The monoisotopic (exact) mass is 410 g/mol. The zero-order valence-electron chi connectivity index (χ0n) is 16.0. The molecule has 29 heavy (non-hydrogen) atoms. The number of anilines is 2. The molecule has 0 saturated heterocycles. The molecule has 0 unspecified atom stereocenters. The molecule has 7 heteroatoms. The first kappa shape index (κ1) is 20.4. The number of carbonyl (C=O) groups excluding carboxylic acids is 1. The van der Waals surface area contributed by atoms with Gasteiger partial charge in [-0.25, -0.2) is 8.42 Å². The SMILES string of the molecule is COc1ccc(NS(=O)(=O)c2cccc(NC(=O)CCc3ccccc3)c2)cc1. The highest BCUT2D eigenvalue weighted by atomic mass is 32.2. The Kier molecular flexibility index (Phi) is 6.51. The fourth-order valence-corrected chi connectivity index (χ4v) is 3.84. The molecule has 1 amide bonds. The van der Waals surface area contributed by atoms with Crippen molar-refractivity contribution in [1.29, 1.82) is 0 Å². The molecule has 0 spiro atoms. The lowest BCUT2D eigenvalue weighted by atomic mass is 10.1. The van der Waals surface area contributed by atoms with Crippen LogP contribution >= 0.6 is 0 Å². The van der Waals surface area contributed by atoms with Gasteiger partial charge in [0.25, 0.3) is 10.0 Å². The van der Waals surface area contributed by atoms with Crippen molar-refractivity contribution in [1.82, 2.24) is 0 Å². The number of benzene rings is 3. The Hall–Kier alpha value is -3.32. The summed E-state index contributed by atoms with van der Waals surface area (Å²) in [5.41, 5.74) is 1.92. The minimum Gasteiger partial charge on any atom is -0.497 e. The lowest BCUT2D eigenvalue weighted by Gasteiger charge is -2.11. The lowest BCUT2D eigenvalue weighted by Crippen LogP contribution is -2.15. The fourth-order valence-electron chi connectivity index (χ4n) is 2.74. The van der Waals surface area contributed by atoms with Crippen LogP contribution in [-0.2, 0) is 21.2 Å². The molecule has 0 saturated carbocycles. The standard InChI is InChI=1S/C22H22N2O4S/c1-28-20-13-11-18(12-14-20)24-29(26,27)21-9-5-8-19(16-21)23-22(25)15-10-17-6-3-2-4-7-17/h2-9,11-14,16,24H,10,15H2,1H3,(H,23,25). The molecular weight excluding hydrogens is 388 g/mol. The van der Waals surface area contributed by atoms with Crippen molar-refractivity contribution in [3.05, 3.63) is 84.4 Å². The second-order valence-corrected chi connectivity index (χ2v) is 8.08. The number of hydrogen-bond acceptors (Lipinski definition) is 4. The largest absolute Gasteiger partial charge is 0.497 e. The molecule has 0 aliphatic rings. The molecule has 6 nitrogen and oxygen atoms in total. The van der Waals surface area contributed by atoms with Crippen LogP contribution in [0.15, 0.2) is 83.8 Å². The minimum absolute atomic E-state index is 0.0641. The number of carbonyl (C=O) groups is 1. The quantitative estimate of drug-likeness (QED) is 0.586. The van der Waals surface area contributed by atoms with Gasteiger partial charge >= 0.3 is 0 Å². The summed E-state index contributed by atoms with van der Waals surface area (Å²) in [5.74, 6) is 0.458. The molecule has 2 N–H and O–H groups in total. The third-order valence-corrected chi connectivity index (χ3v) is 5.63. The van der Waals surface area contributed by atoms with Crippen LogP contribution < -0.4 is 14.8 Å². The van der Waals surface area contributed by atoms with Crippen molar-refractivity contribution in [3.8, 4) is 5.75 Å². The lowest BCUT2D eigenvalue weighted by molar-refractivity contribution is -0.116. The fraction of sp³-hybridized carbons (Fsp3) is 0.136. The zero-order chi connectivity index (χ0) is 20.7. The Morgan fingerprint density at radius 2 is 1.62 bits per heavy atom. The van der Waals surface area contributed by atoms with E-state index in [9.17, 15) is 13.2 Å². The summed E-state index contributed by atoms with van der Waals surface area (Å²) < 4.78 is 32.9. The van der Waals surface area contributed by atoms with Crippen LogP contribution in [0.1, 0.15) is 12.0 Å². The van der Waals surface area contributed by atoms with Crippen LogP contribution in [0.2, 0.25) is 0 Å². The van der Waals surface area contributed by atoms with E-state index in [1.165, 1.54) is 12.1 Å². The third kappa shape index (κ3) is 5.83. The zero-order valence-corrected chi connectivity index (χ0v) is 16.8. The van der Waals surface area contributed by atoms with E-state index in [0.29, 0.717) is 30.0 Å². The summed E-state index contributed by atoms with van der Waals surface area (Å²) in [6, 6.07) is 22.4. The van der Waals surface area contributed by atoms with Gasteiger partial charge in [-0.3, -0.25) is 9.52 Å². The number of ether oxygens (including phenoxy) is 1. The molecule has 0 radical (unpaired) electrons. The average molecular weight is 410 g/mol. The maximum Gasteiger partial charge on any atom is 0.261 e. The topological polar surface area (TPSA) is 84.5 Å². The van der Waals surface area contributed by atoms with E-state index in [4.69, 9.17) is 4.74 Å². The van der Waals surface area contributed by atoms with Crippen LogP contribution in [0.3, 0.4) is 0 Å². The predicted molar refractivity (Wildman–Crippen MR) is 114 cm³/mol. The Balaban J connectivity index is 1.65. The number of rotatable bonds is 8. The molecule has 0 fully saturated rings. The molecule has 3 aromatic carbocycles. The first-order valence-corrected chi connectivity index (χ1v) is 10.6. The van der Waals surface area contributed by atoms with Gasteiger partial charge in [-0.2, -0.15) is 0 Å². The summed E-state index contributed by atoms with van der Waals surface area (Å²) in [5, 5.41) is 2.76. The molecule has 0 bridgehead atoms. The Morgan fingerprint density at radius 1 is 0.897 bits per heavy atom. The maximum atomic E-state index is 12.6. The summed E-state index contributed by atoms with van der Waals surface area (Å²) >= 11 is 0. The second kappa shape index (κ2) is 9.25. The second-order valence-electron chi connectivity index (χ2n) is 6.40. The van der Waals surface area contributed by atoms with Crippen LogP contribution in [0.25, 0.3) is 0 Å². The third-order valence-electron chi connectivity index (χ3n) is 4.25. The number of nitrogens with one attached hydrogen (secondary N) is 2. The van der Waals surface area contributed by atoms with Gasteiger partial charge in [-0.1, -0.05) is 36.4 Å². The highest BCUT2D eigenvalue weighted by molar-refractivity contribution is 7.92. The van der Waals surface area contributed by atoms with Gasteiger partial charge in [0.1, 0.15) is 5.75 Å². The smallest absolute Gasteiger partial charge is 0.261 e. The predicted octanol–water partition coefficient (Wildman–Crippen LogP) is 4.07. The van der Waals surface area contributed by atoms with E-state index in [1.807, 2.05) is 30.3 Å². The minimum atomic E-state index is -3.79. The van der Waals surface area contributed by atoms with Crippen LogP contribution in [0.5, 0.6) is 5.75 Å². The van der Waals surface area contributed by atoms with Gasteiger partial charge in [-0.15, -0.1) is 0 Å². The van der Waals surface area contributed by atoms with Crippen molar-refractivity contribution in [3.63, 3.8) is 0 Å². The molecule has 0 atom stereocenters. The van der Waals surface area contributed by atoms with E-state index in [1.54, 1.807) is 43.5 Å². The van der Waals surface area contributed by atoms with Crippen LogP contribution in [0.4, 0.5) is 11.4 Å². The normalized spacial score (nSPS) is 10.9. The van der Waals surface area contributed by atoms with E-state index >= 15 is 0 Å². The van der Waals surface area contributed by atoms with Gasteiger partial charge in [0.05, 0.1) is 12.0 Å². The highest BCUT2D eigenvalue weighted by Crippen LogP contribution is 2.21. The highest BCUT2D eigenvalue weighted by Gasteiger charge is 2.15. The number of sulfonamides is 1. The summed E-state index contributed by atoms with van der Waals surface area (Å²) in [4.78, 5) is 12.3. The summed E-state index contributed by atoms with van der Waals surface area (Å²) in [7, 11) is -2.25. The summed E-state index contributed by atoms with van der Waals surface area (Å²) in [6.07, 6.45) is 0.925. The Labute approximate surface area is 170 Å². The first-order valence-electron chi connectivity index (χ1n) is 9.07. The van der Waals surface area contributed by atoms with E-state index in [0.717, 1.165) is 5.56 Å². The number of aryl methyl sites for hydroxylation is 1. The maximum absolute atomic E-state index is 12.6. The van der Waals surface area contributed by atoms with Crippen molar-refractivity contribution in [2.75, 3.05) is 17.1 Å². The van der Waals surface area contributed by atoms with Crippen molar-refractivity contribution < 1.29 is 17.9 Å². The molecule has 3 rings (SSSR count). The van der Waals surface area contributed by atoms with Crippen molar-refractivity contribution in [2.45, 2.75) is 17.7 Å². The summed E-state index contributed by atoms with van der Waals surface area (Å²) in [6.45, 7) is 0. The van der Waals surface area contributed by atoms with Crippen LogP contribution in [0, 0.1) is 0 Å². The van der Waals surface area contributed by atoms with Gasteiger partial charge in [-0.05, 0) is 54.4 Å². The van der Waals surface area contributed by atoms with E-state index in [-0.39, 0.29) is 10.8 Å². The first-order chi connectivity index (χ1) is 14.0. The number of amides is 1. The molecule has 150 valence electrons. The number of methoxy groups -OCH3 is 1. The molecule has 0 aliphatic heterocycles.